The number of nitro benzene ring substituents is 1. The molecule has 7 heteroatoms. The number of fused-ring (bicyclic) bond motifs is 1. The zero-order valence-electron chi connectivity index (χ0n) is 13.9. The Labute approximate surface area is 164 Å². The first kappa shape index (κ1) is 17.4. The van der Waals surface area contributed by atoms with Crippen LogP contribution in [0, 0.1) is 10.1 Å². The van der Waals surface area contributed by atoms with Crippen molar-refractivity contribution in [2.75, 3.05) is 4.90 Å². The van der Waals surface area contributed by atoms with Crippen LogP contribution < -0.4 is 4.90 Å². The van der Waals surface area contributed by atoms with Crippen molar-refractivity contribution in [3.8, 4) is 0 Å². The van der Waals surface area contributed by atoms with E-state index in [1.54, 1.807) is 0 Å². The van der Waals surface area contributed by atoms with Gasteiger partial charge in [-0.15, -0.1) is 0 Å². The lowest BCUT2D eigenvalue weighted by Crippen LogP contribution is -2.27. The second-order valence-electron chi connectivity index (χ2n) is 5.86. The summed E-state index contributed by atoms with van der Waals surface area (Å²) in [7, 11) is 0. The van der Waals surface area contributed by atoms with E-state index in [0.29, 0.717) is 14.9 Å². The number of nitro groups is 1. The van der Waals surface area contributed by atoms with Crippen molar-refractivity contribution in [2.24, 2.45) is 0 Å². The van der Waals surface area contributed by atoms with E-state index in [2.05, 4.69) is 0 Å². The summed E-state index contributed by atoms with van der Waals surface area (Å²) in [6, 6.07) is 19.7. The van der Waals surface area contributed by atoms with Gasteiger partial charge in [0.25, 0.3) is 11.6 Å². The van der Waals surface area contributed by atoms with Gasteiger partial charge in [-0.05, 0) is 34.5 Å². The lowest BCUT2D eigenvalue weighted by molar-refractivity contribution is -0.384. The molecule has 0 spiro atoms. The number of anilines is 1. The Bertz CT molecular complexity index is 1120. The summed E-state index contributed by atoms with van der Waals surface area (Å²) in [6.45, 7) is 0. The van der Waals surface area contributed by atoms with Crippen LogP contribution in [0.3, 0.4) is 0 Å². The number of hydrogen-bond donors (Lipinski definition) is 0. The first-order valence-corrected chi connectivity index (χ1v) is 9.27. The summed E-state index contributed by atoms with van der Waals surface area (Å²) in [4.78, 5) is 25.2. The SMILES string of the molecule is O=C1/C(=C\c2cccc3ccccc23)SC(=S)N1c1ccc([N+](=O)[O-])cc1. The maximum atomic E-state index is 12.9. The Morgan fingerprint density at radius 1 is 1.00 bits per heavy atom. The third-order valence-electron chi connectivity index (χ3n) is 4.22. The Morgan fingerprint density at radius 3 is 2.44 bits per heavy atom. The number of non-ortho nitro benzene ring substituents is 1. The van der Waals surface area contributed by atoms with Gasteiger partial charge in [-0.25, -0.2) is 0 Å². The number of thioether (sulfide) groups is 1. The highest BCUT2D eigenvalue weighted by molar-refractivity contribution is 8.27. The normalized spacial score (nSPS) is 15.7. The molecule has 1 amide bonds. The topological polar surface area (TPSA) is 63.5 Å². The van der Waals surface area contributed by atoms with Gasteiger partial charge in [0.1, 0.15) is 0 Å². The highest BCUT2D eigenvalue weighted by atomic mass is 32.2. The average Bonchev–Trinajstić information content (AvgIpc) is 2.95. The Balaban J connectivity index is 1.70. The third kappa shape index (κ3) is 3.22. The number of amides is 1. The summed E-state index contributed by atoms with van der Waals surface area (Å²) in [5.74, 6) is -0.230. The minimum absolute atomic E-state index is 0.0320. The largest absolute Gasteiger partial charge is 0.270 e. The molecule has 0 saturated carbocycles. The molecule has 1 saturated heterocycles. The Kier molecular flexibility index (Phi) is 4.47. The minimum atomic E-state index is -0.478. The van der Waals surface area contributed by atoms with Gasteiger partial charge >= 0.3 is 0 Å². The fraction of sp³-hybridized carbons (Fsp3) is 0. The summed E-state index contributed by atoms with van der Waals surface area (Å²) < 4.78 is 0.403. The Morgan fingerprint density at radius 2 is 1.70 bits per heavy atom. The predicted octanol–water partition coefficient (Wildman–Crippen LogP) is 5.15. The first-order valence-electron chi connectivity index (χ1n) is 8.05. The Hall–Kier alpha value is -3.03. The molecular weight excluding hydrogens is 380 g/mol. The van der Waals surface area contributed by atoms with Gasteiger partial charge in [0.15, 0.2) is 4.32 Å². The number of thiocarbonyl (C=S) groups is 1. The number of benzene rings is 3. The lowest BCUT2D eigenvalue weighted by atomic mass is 10.0. The predicted molar refractivity (Wildman–Crippen MR) is 113 cm³/mol. The maximum absolute atomic E-state index is 12.9. The zero-order chi connectivity index (χ0) is 19.0. The van der Waals surface area contributed by atoms with E-state index in [1.165, 1.54) is 40.9 Å². The highest BCUT2D eigenvalue weighted by Crippen LogP contribution is 2.37. The zero-order valence-corrected chi connectivity index (χ0v) is 15.5. The molecule has 1 aliphatic heterocycles. The van der Waals surface area contributed by atoms with E-state index >= 15 is 0 Å². The van der Waals surface area contributed by atoms with Gasteiger partial charge < -0.3 is 0 Å². The molecule has 0 radical (unpaired) electrons. The first-order chi connectivity index (χ1) is 13.0. The van der Waals surface area contributed by atoms with Crippen molar-refractivity contribution in [1.29, 1.82) is 0 Å². The van der Waals surface area contributed by atoms with Gasteiger partial charge in [-0.2, -0.15) is 0 Å². The van der Waals surface area contributed by atoms with Gasteiger partial charge in [0.2, 0.25) is 0 Å². The van der Waals surface area contributed by atoms with Gasteiger partial charge in [-0.1, -0.05) is 66.4 Å². The summed E-state index contributed by atoms with van der Waals surface area (Å²) in [5.41, 5.74) is 1.43. The molecule has 0 aromatic heterocycles. The molecular formula is C20H12N2O3S2. The molecule has 3 aromatic rings. The third-order valence-corrected chi connectivity index (χ3v) is 5.52. The lowest BCUT2D eigenvalue weighted by Gasteiger charge is -2.14. The molecule has 5 nitrogen and oxygen atoms in total. The molecule has 1 heterocycles. The van der Waals surface area contributed by atoms with Crippen molar-refractivity contribution >= 4 is 62.4 Å². The van der Waals surface area contributed by atoms with Gasteiger partial charge in [-0.3, -0.25) is 19.8 Å². The monoisotopic (exact) mass is 392 g/mol. The molecule has 3 aromatic carbocycles. The second kappa shape index (κ2) is 6.94. The molecule has 0 bridgehead atoms. The number of rotatable bonds is 3. The molecule has 0 aliphatic carbocycles. The van der Waals surface area contributed by atoms with E-state index in [0.717, 1.165) is 16.3 Å². The van der Waals surface area contributed by atoms with Crippen molar-refractivity contribution in [3.05, 3.63) is 87.3 Å². The average molecular weight is 392 g/mol. The van der Waals surface area contributed by atoms with Crippen LogP contribution in [0.2, 0.25) is 0 Å². The van der Waals surface area contributed by atoms with Crippen molar-refractivity contribution < 1.29 is 9.72 Å². The van der Waals surface area contributed by atoms with Crippen molar-refractivity contribution in [2.45, 2.75) is 0 Å². The van der Waals surface area contributed by atoms with Gasteiger partial charge in [0, 0.05) is 12.1 Å². The summed E-state index contributed by atoms with van der Waals surface area (Å²) >= 11 is 6.59. The van der Waals surface area contributed by atoms with Crippen LogP contribution in [-0.4, -0.2) is 15.2 Å². The van der Waals surface area contributed by atoms with E-state index in [9.17, 15) is 14.9 Å². The van der Waals surface area contributed by atoms with Crippen LogP contribution in [0.4, 0.5) is 11.4 Å². The van der Waals surface area contributed by atoms with Crippen LogP contribution in [0.25, 0.3) is 16.8 Å². The fourth-order valence-corrected chi connectivity index (χ4v) is 4.22. The van der Waals surface area contributed by atoms with E-state index < -0.39 is 4.92 Å². The summed E-state index contributed by atoms with van der Waals surface area (Å²) in [5, 5.41) is 13.0. The standard InChI is InChI=1S/C20H12N2O3S2/c23-19-18(12-14-6-3-5-13-4-1-2-7-17(13)14)27-20(26)21(19)15-8-10-16(11-9-15)22(24)25/h1-12H/b18-12+. The quantitative estimate of drug-likeness (QED) is 0.267. The fourth-order valence-electron chi connectivity index (χ4n) is 2.93. The van der Waals surface area contributed by atoms with Crippen LogP contribution in [0.1, 0.15) is 5.56 Å². The molecule has 4 rings (SSSR count). The van der Waals surface area contributed by atoms with E-state index in [1.807, 2.05) is 48.5 Å². The van der Waals surface area contributed by atoms with Crippen LogP contribution in [0.15, 0.2) is 71.6 Å². The second-order valence-corrected chi connectivity index (χ2v) is 7.53. The number of carbonyl (C=O) groups excluding carboxylic acids is 1. The molecule has 0 atom stereocenters. The molecule has 1 fully saturated rings. The number of nitrogens with zero attached hydrogens (tertiary/aromatic N) is 2. The van der Waals surface area contributed by atoms with Crippen LogP contribution in [-0.2, 0) is 4.79 Å². The highest BCUT2D eigenvalue weighted by Gasteiger charge is 2.33. The maximum Gasteiger partial charge on any atom is 0.270 e. The molecule has 0 N–H and O–H groups in total. The van der Waals surface area contributed by atoms with Crippen molar-refractivity contribution in [1.82, 2.24) is 0 Å². The van der Waals surface area contributed by atoms with Gasteiger partial charge in [0.05, 0.1) is 15.5 Å². The summed E-state index contributed by atoms with van der Waals surface area (Å²) in [6.07, 6.45) is 1.84. The molecule has 0 unspecified atom stereocenters. The number of carbonyl (C=O) groups is 1. The number of hydrogen-bond acceptors (Lipinski definition) is 5. The molecule has 27 heavy (non-hydrogen) atoms. The minimum Gasteiger partial charge on any atom is -0.268 e. The van der Waals surface area contributed by atoms with Crippen LogP contribution in [0.5, 0.6) is 0 Å². The molecule has 1 aliphatic rings. The smallest absolute Gasteiger partial charge is 0.268 e. The van der Waals surface area contributed by atoms with E-state index in [4.69, 9.17) is 12.2 Å². The van der Waals surface area contributed by atoms with E-state index in [-0.39, 0.29) is 11.6 Å². The molecule has 132 valence electrons. The van der Waals surface area contributed by atoms with Crippen LogP contribution >= 0.6 is 24.0 Å². The van der Waals surface area contributed by atoms with Crippen molar-refractivity contribution in [3.63, 3.8) is 0 Å².